The number of hydrogen-bond donors (Lipinski definition) is 3. The van der Waals surface area contributed by atoms with Crippen LogP contribution in [-0.2, 0) is 14.4 Å². The fourth-order valence-corrected chi connectivity index (χ4v) is 4.20. The Bertz CT molecular complexity index is 911. The molecule has 2 bridgehead atoms. The summed E-state index contributed by atoms with van der Waals surface area (Å²) in [7, 11) is 3.71. The van der Waals surface area contributed by atoms with Gasteiger partial charge in [-0.05, 0) is 62.0 Å². The average molecular weight is 501 g/mol. The summed E-state index contributed by atoms with van der Waals surface area (Å²) in [6, 6.07) is 5.24. The minimum Gasteiger partial charge on any atom is -0.487 e. The van der Waals surface area contributed by atoms with E-state index in [4.69, 9.17) is 4.74 Å². The zero-order valence-electron chi connectivity index (χ0n) is 23.0. The molecule has 1 aromatic rings. The van der Waals surface area contributed by atoms with Crippen molar-refractivity contribution in [1.29, 1.82) is 0 Å². The van der Waals surface area contributed by atoms with E-state index in [0.29, 0.717) is 24.5 Å². The predicted octanol–water partition coefficient (Wildman–Crippen LogP) is 3.18. The molecule has 2 aliphatic rings. The lowest BCUT2D eigenvalue weighted by molar-refractivity contribution is -0.136. The molecule has 3 N–H and O–H groups in total. The highest BCUT2D eigenvalue weighted by Crippen LogP contribution is 2.21. The molecule has 4 unspecified atom stereocenters. The summed E-state index contributed by atoms with van der Waals surface area (Å²) >= 11 is 0. The summed E-state index contributed by atoms with van der Waals surface area (Å²) in [5.41, 5.74) is 0.900. The first-order valence-electron chi connectivity index (χ1n) is 12.9. The molecule has 5 atom stereocenters. The van der Waals surface area contributed by atoms with Crippen LogP contribution < -0.4 is 20.7 Å². The summed E-state index contributed by atoms with van der Waals surface area (Å²) in [4.78, 5) is 42.1. The van der Waals surface area contributed by atoms with Crippen LogP contribution in [0.4, 0.5) is 0 Å². The zero-order chi connectivity index (χ0) is 27.0. The Morgan fingerprint density at radius 3 is 2.22 bits per heavy atom. The summed E-state index contributed by atoms with van der Waals surface area (Å²) in [6.07, 6.45) is 4.06. The lowest BCUT2D eigenvalue weighted by atomic mass is 9.94. The maximum Gasteiger partial charge on any atom is 0.247 e. The van der Waals surface area contributed by atoms with E-state index >= 15 is 0 Å². The Hall–Kier alpha value is -2.87. The minimum atomic E-state index is -0.996. The Kier molecular flexibility index (Phi) is 11.0. The van der Waals surface area contributed by atoms with Gasteiger partial charge in [0.1, 0.15) is 23.9 Å². The number of amides is 3. The second kappa shape index (κ2) is 13.4. The van der Waals surface area contributed by atoms with Gasteiger partial charge in [0.15, 0.2) is 0 Å². The molecule has 200 valence electrons. The molecule has 0 radical (unpaired) electrons. The first-order valence-corrected chi connectivity index (χ1v) is 12.9. The summed E-state index contributed by atoms with van der Waals surface area (Å²) < 4.78 is 6.31. The van der Waals surface area contributed by atoms with E-state index in [2.05, 4.69) is 29.8 Å². The van der Waals surface area contributed by atoms with Crippen molar-refractivity contribution in [2.45, 2.75) is 78.6 Å². The highest BCUT2D eigenvalue weighted by Gasteiger charge is 2.38. The van der Waals surface area contributed by atoms with Gasteiger partial charge in [0, 0.05) is 6.20 Å². The molecule has 3 rings (SSSR count). The van der Waals surface area contributed by atoms with Crippen LogP contribution >= 0.6 is 0 Å². The monoisotopic (exact) mass is 500 g/mol. The molecule has 1 aromatic carbocycles. The van der Waals surface area contributed by atoms with Crippen molar-refractivity contribution in [1.82, 2.24) is 20.9 Å². The predicted molar refractivity (Wildman–Crippen MR) is 143 cm³/mol. The van der Waals surface area contributed by atoms with Crippen LogP contribution in [0.25, 0.3) is 6.08 Å². The van der Waals surface area contributed by atoms with Crippen molar-refractivity contribution in [2.75, 3.05) is 14.1 Å². The summed E-state index contributed by atoms with van der Waals surface area (Å²) in [6.45, 7) is 11.9. The molecular formula is C28H44N4O4. The SMILES string of the molecule is CCC(C)C1NC(=O)C(NC(=O)[C@H](CC(C)C)N(C)C)C(C(C)C)Oc2ccc(cc2)/C=C\NC1=O. The first kappa shape index (κ1) is 29.4. The van der Waals surface area contributed by atoms with Gasteiger partial charge in [0.25, 0.3) is 0 Å². The second-order valence-corrected chi connectivity index (χ2v) is 10.7. The van der Waals surface area contributed by atoms with Gasteiger partial charge < -0.3 is 20.7 Å². The van der Waals surface area contributed by atoms with Gasteiger partial charge in [0.05, 0.1) is 6.04 Å². The molecular weight excluding hydrogens is 456 g/mol. The van der Waals surface area contributed by atoms with Gasteiger partial charge in [-0.2, -0.15) is 0 Å². The van der Waals surface area contributed by atoms with Crippen molar-refractivity contribution < 1.29 is 19.1 Å². The maximum atomic E-state index is 13.8. The van der Waals surface area contributed by atoms with E-state index in [1.165, 1.54) is 0 Å². The number of nitrogens with zero attached hydrogens (tertiary/aromatic N) is 1. The van der Waals surface area contributed by atoms with Crippen molar-refractivity contribution >= 4 is 23.8 Å². The van der Waals surface area contributed by atoms with Crippen molar-refractivity contribution in [2.24, 2.45) is 17.8 Å². The number of hydrogen-bond acceptors (Lipinski definition) is 5. The summed E-state index contributed by atoms with van der Waals surface area (Å²) in [5, 5.41) is 8.70. The van der Waals surface area contributed by atoms with E-state index in [9.17, 15) is 14.4 Å². The van der Waals surface area contributed by atoms with E-state index in [0.717, 1.165) is 5.56 Å². The Balaban J connectivity index is 2.52. The number of carbonyl (C=O) groups excluding carboxylic acids is 3. The van der Waals surface area contributed by atoms with Crippen LogP contribution in [0.5, 0.6) is 5.75 Å². The average Bonchev–Trinajstić information content (AvgIpc) is 2.82. The van der Waals surface area contributed by atoms with Crippen LogP contribution in [-0.4, -0.2) is 60.9 Å². The molecule has 0 spiro atoms. The van der Waals surface area contributed by atoms with Crippen LogP contribution in [0.3, 0.4) is 0 Å². The van der Waals surface area contributed by atoms with Gasteiger partial charge in [-0.1, -0.05) is 60.1 Å². The van der Waals surface area contributed by atoms with Crippen molar-refractivity contribution in [3.8, 4) is 5.75 Å². The van der Waals surface area contributed by atoms with E-state index in [1.54, 1.807) is 12.3 Å². The number of ether oxygens (including phenoxy) is 1. The van der Waals surface area contributed by atoms with Crippen LogP contribution in [0.2, 0.25) is 0 Å². The standard InChI is InChI=1S/C28H44N4O4/c1-9-19(6)23-27(34)29-15-14-20-10-12-21(13-11-20)36-25(18(4)5)24(28(35)30-23)31-26(33)22(32(7)8)16-17(2)3/h10-15,17-19,22-25H,9,16H2,1-8H3,(H,29,34)(H,30,35)(H,31,33)/b15-14-/t19?,22-,23?,24?,25?/m0/s1. The van der Waals surface area contributed by atoms with E-state index < -0.39 is 30.1 Å². The van der Waals surface area contributed by atoms with Crippen LogP contribution in [0.1, 0.15) is 59.9 Å². The highest BCUT2D eigenvalue weighted by atomic mass is 16.5. The molecule has 3 amide bonds. The van der Waals surface area contributed by atoms with Crippen LogP contribution in [0, 0.1) is 17.8 Å². The molecule has 0 saturated carbocycles. The van der Waals surface area contributed by atoms with E-state index in [1.807, 2.05) is 71.0 Å². The number of likely N-dealkylation sites (N-methyl/N-ethyl adjacent to an activating group) is 1. The lowest BCUT2D eigenvalue weighted by Crippen LogP contribution is -2.62. The number of carbonyl (C=O) groups is 3. The quantitative estimate of drug-likeness (QED) is 0.509. The number of rotatable bonds is 8. The normalized spacial score (nSPS) is 23.5. The van der Waals surface area contributed by atoms with Gasteiger partial charge in [-0.25, -0.2) is 0 Å². The minimum absolute atomic E-state index is 0.104. The fourth-order valence-electron chi connectivity index (χ4n) is 4.20. The maximum absolute atomic E-state index is 13.8. The van der Waals surface area contributed by atoms with Crippen molar-refractivity contribution in [3.05, 3.63) is 36.0 Å². The van der Waals surface area contributed by atoms with Crippen molar-refractivity contribution in [3.63, 3.8) is 0 Å². The Morgan fingerprint density at radius 2 is 1.69 bits per heavy atom. The number of fused-ring (bicyclic) bond motifs is 10. The summed E-state index contributed by atoms with van der Waals surface area (Å²) in [5.74, 6) is -0.312. The largest absolute Gasteiger partial charge is 0.487 e. The molecule has 0 aliphatic carbocycles. The first-order chi connectivity index (χ1) is 16.9. The van der Waals surface area contributed by atoms with Gasteiger partial charge in [0.2, 0.25) is 17.7 Å². The molecule has 0 saturated heterocycles. The molecule has 2 heterocycles. The van der Waals surface area contributed by atoms with E-state index in [-0.39, 0.29) is 23.7 Å². The fraction of sp³-hybridized carbons (Fsp3) is 0.607. The Labute approximate surface area is 216 Å². The van der Waals surface area contributed by atoms with Gasteiger partial charge >= 0.3 is 0 Å². The smallest absolute Gasteiger partial charge is 0.247 e. The highest BCUT2D eigenvalue weighted by molar-refractivity contribution is 5.94. The lowest BCUT2D eigenvalue weighted by Gasteiger charge is -2.34. The second-order valence-electron chi connectivity index (χ2n) is 10.7. The molecule has 2 aliphatic heterocycles. The zero-order valence-corrected chi connectivity index (χ0v) is 23.0. The molecule has 0 aromatic heterocycles. The molecule has 0 fully saturated rings. The third kappa shape index (κ3) is 8.08. The third-order valence-corrected chi connectivity index (χ3v) is 6.63. The number of benzene rings is 1. The number of nitrogens with one attached hydrogen (secondary N) is 3. The van der Waals surface area contributed by atoms with Gasteiger partial charge in [-0.3, -0.25) is 19.3 Å². The third-order valence-electron chi connectivity index (χ3n) is 6.63. The Morgan fingerprint density at radius 1 is 1.06 bits per heavy atom. The topological polar surface area (TPSA) is 99.8 Å². The molecule has 8 heteroatoms. The molecule has 8 nitrogen and oxygen atoms in total. The molecule has 36 heavy (non-hydrogen) atoms. The van der Waals surface area contributed by atoms with Gasteiger partial charge in [-0.15, -0.1) is 0 Å². The van der Waals surface area contributed by atoms with Crippen LogP contribution in [0.15, 0.2) is 30.5 Å².